The molecule has 2 rings (SSSR count). The molecule has 2 aromatic carbocycles. The third-order valence-electron chi connectivity index (χ3n) is 3.12. The van der Waals surface area contributed by atoms with E-state index in [2.05, 4.69) is 22.8 Å². The van der Waals surface area contributed by atoms with Gasteiger partial charge in [0.05, 0.1) is 10.7 Å². The summed E-state index contributed by atoms with van der Waals surface area (Å²) in [6.45, 7) is 1.23. The molecule has 0 unspecified atom stereocenters. The monoisotopic (exact) mass is 302 g/mol. The lowest BCUT2D eigenvalue weighted by Gasteiger charge is -2.08. The fraction of sp³-hybridized carbons (Fsp3) is 0.235. The van der Waals surface area contributed by atoms with Crippen molar-refractivity contribution in [3.05, 3.63) is 65.2 Å². The molecule has 0 radical (unpaired) electrons. The van der Waals surface area contributed by atoms with Gasteiger partial charge in [-0.2, -0.15) is 0 Å². The standard InChI is InChI=1S/C17H19ClN2O/c18-15-8-4-5-9-16(15)19-13-11-17(21)20-12-10-14-6-2-1-3-7-14/h1-9,19H,10-13H2,(H,20,21). The lowest BCUT2D eigenvalue weighted by atomic mass is 10.1. The van der Waals surface area contributed by atoms with E-state index in [1.165, 1.54) is 5.56 Å². The Morgan fingerprint density at radius 1 is 0.952 bits per heavy atom. The molecular weight excluding hydrogens is 284 g/mol. The molecule has 0 saturated heterocycles. The van der Waals surface area contributed by atoms with Crippen LogP contribution in [-0.4, -0.2) is 19.0 Å². The van der Waals surface area contributed by atoms with Crippen molar-refractivity contribution in [1.29, 1.82) is 0 Å². The largest absolute Gasteiger partial charge is 0.383 e. The van der Waals surface area contributed by atoms with Crippen LogP contribution in [0.15, 0.2) is 54.6 Å². The molecular formula is C17H19ClN2O. The number of carbonyl (C=O) groups excluding carboxylic acids is 1. The highest BCUT2D eigenvalue weighted by molar-refractivity contribution is 6.33. The highest BCUT2D eigenvalue weighted by Gasteiger charge is 2.02. The molecule has 0 aliphatic rings. The van der Waals surface area contributed by atoms with Crippen molar-refractivity contribution in [2.75, 3.05) is 18.4 Å². The molecule has 0 aromatic heterocycles. The Hall–Kier alpha value is -2.00. The van der Waals surface area contributed by atoms with Crippen molar-refractivity contribution < 1.29 is 4.79 Å². The zero-order valence-corrected chi connectivity index (χ0v) is 12.6. The summed E-state index contributed by atoms with van der Waals surface area (Å²) in [5.41, 5.74) is 2.09. The number of para-hydroxylation sites is 1. The van der Waals surface area contributed by atoms with Crippen LogP contribution in [-0.2, 0) is 11.2 Å². The van der Waals surface area contributed by atoms with Gasteiger partial charge in [0, 0.05) is 19.5 Å². The van der Waals surface area contributed by atoms with Crippen LogP contribution < -0.4 is 10.6 Å². The smallest absolute Gasteiger partial charge is 0.221 e. The molecule has 0 saturated carbocycles. The van der Waals surface area contributed by atoms with Crippen molar-refractivity contribution >= 4 is 23.2 Å². The van der Waals surface area contributed by atoms with Gasteiger partial charge in [0.15, 0.2) is 0 Å². The first-order valence-electron chi connectivity index (χ1n) is 7.05. The van der Waals surface area contributed by atoms with E-state index in [4.69, 9.17) is 11.6 Å². The van der Waals surface area contributed by atoms with Crippen molar-refractivity contribution in [3.63, 3.8) is 0 Å². The Labute approximate surface area is 130 Å². The summed E-state index contributed by atoms with van der Waals surface area (Å²) in [5.74, 6) is 0.0467. The minimum absolute atomic E-state index is 0.0467. The SMILES string of the molecule is O=C(CCNc1ccccc1Cl)NCCc1ccccc1. The molecule has 2 N–H and O–H groups in total. The van der Waals surface area contributed by atoms with Gasteiger partial charge in [-0.25, -0.2) is 0 Å². The number of amides is 1. The highest BCUT2D eigenvalue weighted by atomic mass is 35.5. The first-order chi connectivity index (χ1) is 10.3. The molecule has 21 heavy (non-hydrogen) atoms. The lowest BCUT2D eigenvalue weighted by Crippen LogP contribution is -2.27. The summed E-state index contributed by atoms with van der Waals surface area (Å²) in [6.07, 6.45) is 1.28. The van der Waals surface area contributed by atoms with Gasteiger partial charge in [-0.05, 0) is 24.1 Å². The highest BCUT2D eigenvalue weighted by Crippen LogP contribution is 2.19. The van der Waals surface area contributed by atoms with E-state index in [1.807, 2.05) is 42.5 Å². The van der Waals surface area contributed by atoms with E-state index in [9.17, 15) is 4.79 Å². The zero-order chi connectivity index (χ0) is 14.9. The van der Waals surface area contributed by atoms with E-state index in [0.29, 0.717) is 24.5 Å². The minimum atomic E-state index is 0.0467. The Kier molecular flexibility index (Phi) is 6.10. The van der Waals surface area contributed by atoms with Crippen molar-refractivity contribution in [1.82, 2.24) is 5.32 Å². The number of rotatable bonds is 7. The first kappa shape index (κ1) is 15.4. The van der Waals surface area contributed by atoms with E-state index < -0.39 is 0 Å². The number of benzene rings is 2. The summed E-state index contributed by atoms with van der Waals surface area (Å²) >= 11 is 6.03. The zero-order valence-electron chi connectivity index (χ0n) is 11.8. The molecule has 0 heterocycles. The predicted octanol–water partition coefficient (Wildman–Crippen LogP) is 3.50. The number of hydrogen-bond acceptors (Lipinski definition) is 2. The minimum Gasteiger partial charge on any atom is -0.383 e. The fourth-order valence-electron chi connectivity index (χ4n) is 1.99. The second-order valence-electron chi connectivity index (χ2n) is 4.74. The number of halogens is 1. The summed E-state index contributed by atoms with van der Waals surface area (Å²) in [6, 6.07) is 17.6. The van der Waals surface area contributed by atoms with Gasteiger partial charge < -0.3 is 10.6 Å². The van der Waals surface area contributed by atoms with Crippen LogP contribution in [0.2, 0.25) is 5.02 Å². The van der Waals surface area contributed by atoms with Gasteiger partial charge in [-0.1, -0.05) is 54.1 Å². The summed E-state index contributed by atoms with van der Waals surface area (Å²) in [4.78, 5) is 11.7. The molecule has 4 heteroatoms. The summed E-state index contributed by atoms with van der Waals surface area (Å²) in [5, 5.41) is 6.75. The van der Waals surface area contributed by atoms with Crippen LogP contribution in [0.4, 0.5) is 5.69 Å². The van der Waals surface area contributed by atoms with Gasteiger partial charge in [-0.3, -0.25) is 4.79 Å². The molecule has 0 atom stereocenters. The summed E-state index contributed by atoms with van der Waals surface area (Å²) < 4.78 is 0. The Morgan fingerprint density at radius 3 is 2.43 bits per heavy atom. The average Bonchev–Trinajstić information content (AvgIpc) is 2.50. The fourth-order valence-corrected chi connectivity index (χ4v) is 2.20. The molecule has 0 bridgehead atoms. The normalized spacial score (nSPS) is 10.1. The van der Waals surface area contributed by atoms with E-state index >= 15 is 0 Å². The number of nitrogens with one attached hydrogen (secondary N) is 2. The summed E-state index contributed by atoms with van der Waals surface area (Å²) in [7, 11) is 0. The first-order valence-corrected chi connectivity index (χ1v) is 7.42. The van der Waals surface area contributed by atoms with Crippen LogP contribution in [0.1, 0.15) is 12.0 Å². The van der Waals surface area contributed by atoms with Crippen LogP contribution >= 0.6 is 11.6 Å². The van der Waals surface area contributed by atoms with Crippen LogP contribution in [0.25, 0.3) is 0 Å². The average molecular weight is 303 g/mol. The topological polar surface area (TPSA) is 41.1 Å². The van der Waals surface area contributed by atoms with Crippen LogP contribution in [0.5, 0.6) is 0 Å². The van der Waals surface area contributed by atoms with Gasteiger partial charge >= 0.3 is 0 Å². The molecule has 0 aliphatic carbocycles. The van der Waals surface area contributed by atoms with E-state index in [-0.39, 0.29) is 5.91 Å². The van der Waals surface area contributed by atoms with Gasteiger partial charge in [0.1, 0.15) is 0 Å². The Bertz CT molecular complexity index is 572. The third kappa shape index (κ3) is 5.48. The van der Waals surface area contributed by atoms with Gasteiger partial charge in [0.25, 0.3) is 0 Å². The second-order valence-corrected chi connectivity index (χ2v) is 5.15. The Morgan fingerprint density at radius 2 is 1.67 bits per heavy atom. The van der Waals surface area contributed by atoms with Crippen molar-refractivity contribution in [2.24, 2.45) is 0 Å². The van der Waals surface area contributed by atoms with E-state index in [0.717, 1.165) is 12.1 Å². The molecule has 3 nitrogen and oxygen atoms in total. The molecule has 0 spiro atoms. The number of carbonyl (C=O) groups is 1. The molecule has 110 valence electrons. The number of hydrogen-bond donors (Lipinski definition) is 2. The van der Waals surface area contributed by atoms with Gasteiger partial charge in [-0.15, -0.1) is 0 Å². The van der Waals surface area contributed by atoms with Gasteiger partial charge in [0.2, 0.25) is 5.91 Å². The van der Waals surface area contributed by atoms with Crippen LogP contribution in [0, 0.1) is 0 Å². The van der Waals surface area contributed by atoms with Crippen LogP contribution in [0.3, 0.4) is 0 Å². The van der Waals surface area contributed by atoms with Crippen molar-refractivity contribution in [3.8, 4) is 0 Å². The Balaban J connectivity index is 1.63. The predicted molar refractivity (Wildman–Crippen MR) is 87.7 cm³/mol. The molecule has 2 aromatic rings. The molecule has 0 aliphatic heterocycles. The second kappa shape index (κ2) is 8.32. The maximum absolute atomic E-state index is 11.7. The maximum Gasteiger partial charge on any atom is 0.221 e. The lowest BCUT2D eigenvalue weighted by molar-refractivity contribution is -0.120. The maximum atomic E-state index is 11.7. The number of anilines is 1. The molecule has 1 amide bonds. The quantitative estimate of drug-likeness (QED) is 0.822. The third-order valence-corrected chi connectivity index (χ3v) is 3.45. The van der Waals surface area contributed by atoms with Crippen molar-refractivity contribution in [2.45, 2.75) is 12.8 Å². The van der Waals surface area contributed by atoms with E-state index in [1.54, 1.807) is 0 Å². The molecule has 0 fully saturated rings.